The van der Waals surface area contributed by atoms with Crippen molar-refractivity contribution in [3.05, 3.63) is 0 Å². The Morgan fingerprint density at radius 3 is 2.70 bits per heavy atom. The number of amides is 1. The zero-order valence-electron chi connectivity index (χ0n) is 5.00. The lowest BCUT2D eigenvalue weighted by Crippen LogP contribution is -2.24. The minimum atomic E-state index is -0.865. The Balaban J connectivity index is 3.54. The molecule has 0 aliphatic carbocycles. The van der Waals surface area contributed by atoms with Gasteiger partial charge < -0.3 is 21.0 Å². The highest BCUT2D eigenvalue weighted by Crippen LogP contribution is 2.03. The van der Waals surface area contributed by atoms with Crippen molar-refractivity contribution in [2.45, 2.75) is 0 Å². The number of aliphatic imine (C=N–C) groups is 1. The van der Waals surface area contributed by atoms with Crippen molar-refractivity contribution in [2.24, 2.45) is 16.5 Å². The van der Waals surface area contributed by atoms with Crippen molar-refractivity contribution < 1.29 is 9.32 Å². The van der Waals surface area contributed by atoms with Gasteiger partial charge in [0.2, 0.25) is 0 Å². The van der Waals surface area contributed by atoms with Crippen molar-refractivity contribution in [1.29, 1.82) is 0 Å². The van der Waals surface area contributed by atoms with E-state index in [4.69, 9.17) is 19.4 Å². The van der Waals surface area contributed by atoms with Gasteiger partial charge >= 0.3 is 6.09 Å². The molecule has 0 fully saturated rings. The molecule has 0 saturated carbocycles. The molecule has 8 heteroatoms. The second-order valence-corrected chi connectivity index (χ2v) is 1.85. The predicted molar refractivity (Wildman–Crippen MR) is 39.5 cm³/mol. The quantitative estimate of drug-likeness (QED) is 0.199. The number of nitrogens with zero attached hydrogens (tertiary/aromatic N) is 1. The molecule has 1 atom stereocenters. The fourth-order valence-corrected chi connectivity index (χ4v) is 0.393. The van der Waals surface area contributed by atoms with Crippen LogP contribution in [0.15, 0.2) is 4.99 Å². The molecule has 54 valence electrons. The molecule has 0 aromatic carbocycles. The van der Waals surface area contributed by atoms with Crippen molar-refractivity contribution in [3.8, 4) is 0 Å². The zero-order chi connectivity index (χ0) is 7.98. The van der Waals surface area contributed by atoms with Gasteiger partial charge in [-0.2, -0.15) is 0 Å². The monoisotopic (exact) mass is 160 g/mol. The van der Waals surface area contributed by atoms with Gasteiger partial charge in [-0.3, -0.25) is 0 Å². The van der Waals surface area contributed by atoms with Crippen LogP contribution >= 0.6 is 8.96 Å². The van der Waals surface area contributed by atoms with Gasteiger partial charge in [0.05, 0.1) is 0 Å². The lowest BCUT2D eigenvalue weighted by atomic mass is 10.5. The third kappa shape index (κ3) is 5.33. The Bertz CT molecular complexity index is 146. The summed E-state index contributed by atoms with van der Waals surface area (Å²) in [6.45, 7) is 0. The van der Waals surface area contributed by atoms with Gasteiger partial charge in [-0.05, 0) is 0 Å². The van der Waals surface area contributed by atoms with Crippen LogP contribution in [0.1, 0.15) is 0 Å². The number of carbonyl (C=O) groups excluding carboxylic acids is 1. The molecule has 10 heavy (non-hydrogen) atoms. The Labute approximate surface area is 60.7 Å². The molecule has 0 saturated heterocycles. The molecule has 0 aromatic rings. The molecular formula is C2H6BN4O2P. The molecule has 0 aliphatic rings. The molecule has 0 rings (SSSR count). The maximum atomic E-state index is 10.4. The molecule has 2 radical (unpaired) electrons. The molecule has 0 aromatic heterocycles. The summed E-state index contributed by atoms with van der Waals surface area (Å²) in [5.74, 6) is -0.341. The predicted octanol–water partition coefficient (Wildman–Crippen LogP) is -1.42. The maximum Gasteiger partial charge on any atom is 0.440 e. The lowest BCUT2D eigenvalue weighted by Gasteiger charge is -1.96. The van der Waals surface area contributed by atoms with E-state index >= 15 is 0 Å². The summed E-state index contributed by atoms with van der Waals surface area (Å²) in [5.41, 5.74) is 9.69. The van der Waals surface area contributed by atoms with Gasteiger partial charge in [-0.15, -0.1) is 4.99 Å². The number of nitrogens with one attached hydrogen (secondary N) is 1. The van der Waals surface area contributed by atoms with Crippen LogP contribution in [-0.4, -0.2) is 20.0 Å². The van der Waals surface area contributed by atoms with Gasteiger partial charge in [-0.25, -0.2) is 4.79 Å². The fourth-order valence-electron chi connectivity index (χ4n) is 0.201. The number of guanidine groups is 1. The first-order chi connectivity index (χ1) is 4.66. The van der Waals surface area contributed by atoms with E-state index in [2.05, 4.69) is 14.5 Å². The summed E-state index contributed by atoms with van der Waals surface area (Å²) >= 11 is 0. The van der Waals surface area contributed by atoms with E-state index in [-0.39, 0.29) is 14.9 Å². The van der Waals surface area contributed by atoms with Crippen molar-refractivity contribution in [3.63, 3.8) is 0 Å². The first-order valence-electron chi connectivity index (χ1n) is 2.18. The van der Waals surface area contributed by atoms with Gasteiger partial charge in [0.25, 0.3) is 0 Å². The molecule has 1 amide bonds. The summed E-state index contributed by atoms with van der Waals surface area (Å²) in [5, 5.41) is 0. The van der Waals surface area contributed by atoms with Crippen LogP contribution in [0.4, 0.5) is 4.79 Å². The third-order valence-electron chi connectivity index (χ3n) is 0.418. The average molecular weight is 160 g/mol. The number of nitrogens with two attached hydrogens (primary N) is 2. The smallest absolute Gasteiger partial charge is 0.415 e. The molecule has 1 unspecified atom stereocenters. The van der Waals surface area contributed by atoms with Crippen molar-refractivity contribution in [2.75, 3.05) is 0 Å². The highest BCUT2D eigenvalue weighted by Gasteiger charge is 1.96. The van der Waals surface area contributed by atoms with E-state index in [1.807, 2.05) is 0 Å². The van der Waals surface area contributed by atoms with Crippen molar-refractivity contribution in [1.82, 2.24) is 5.00 Å². The largest absolute Gasteiger partial charge is 0.440 e. The van der Waals surface area contributed by atoms with Gasteiger partial charge in [-0.1, -0.05) is 0 Å². The second kappa shape index (κ2) is 5.02. The number of hydrogen-bond donors (Lipinski definition) is 3. The molecule has 5 N–H and O–H groups in total. The first kappa shape index (κ1) is 9.19. The summed E-state index contributed by atoms with van der Waals surface area (Å²) in [6, 6.07) is 0. The van der Waals surface area contributed by atoms with Crippen LogP contribution in [-0.2, 0) is 4.52 Å². The Morgan fingerprint density at radius 1 is 1.70 bits per heavy atom. The number of hydrogen-bond acceptors (Lipinski definition) is 3. The zero-order valence-corrected chi connectivity index (χ0v) is 6.00. The Morgan fingerprint density at radius 2 is 2.30 bits per heavy atom. The SMILES string of the molecule is [B]NPOC(=O)N=C(N)N. The molecule has 0 heterocycles. The third-order valence-corrected chi connectivity index (χ3v) is 0.812. The summed E-state index contributed by atoms with van der Waals surface area (Å²) in [7, 11) is 4.44. The highest BCUT2D eigenvalue weighted by molar-refractivity contribution is 7.32. The van der Waals surface area contributed by atoms with Gasteiger partial charge in [0, 0.05) is 0 Å². The number of rotatable bonds is 2. The minimum absolute atomic E-state index is 0.341. The molecular weight excluding hydrogens is 154 g/mol. The lowest BCUT2D eigenvalue weighted by molar-refractivity contribution is 0.217. The average Bonchev–Trinajstić information content (AvgIpc) is 1.82. The second-order valence-electron chi connectivity index (χ2n) is 1.15. The maximum absolute atomic E-state index is 10.4. The summed E-state index contributed by atoms with van der Waals surface area (Å²) in [6.07, 6.45) is -0.865. The van der Waals surface area contributed by atoms with Crippen LogP contribution in [0.3, 0.4) is 0 Å². The van der Waals surface area contributed by atoms with Gasteiger partial charge in [0.1, 0.15) is 8.96 Å². The van der Waals surface area contributed by atoms with Crippen LogP contribution < -0.4 is 16.5 Å². The topological polar surface area (TPSA) is 103 Å². The summed E-state index contributed by atoms with van der Waals surface area (Å²) < 4.78 is 4.31. The van der Waals surface area contributed by atoms with Gasteiger partial charge in [0.15, 0.2) is 13.9 Å². The molecule has 0 spiro atoms. The van der Waals surface area contributed by atoms with E-state index in [1.54, 1.807) is 0 Å². The van der Waals surface area contributed by atoms with E-state index < -0.39 is 6.09 Å². The molecule has 0 bridgehead atoms. The standard InChI is InChI=1S/C2H6BN4O2P/c3-7-10-9-2(8)6-1(4)5/h7,10H,(H4,4,5,6,8). The van der Waals surface area contributed by atoms with E-state index in [1.165, 1.54) is 0 Å². The minimum Gasteiger partial charge on any atom is -0.415 e. The highest BCUT2D eigenvalue weighted by atomic mass is 31.1. The van der Waals surface area contributed by atoms with Crippen LogP contribution in [0.25, 0.3) is 0 Å². The normalized spacial score (nSPS) is 9.60. The van der Waals surface area contributed by atoms with Crippen LogP contribution in [0, 0.1) is 0 Å². The fraction of sp³-hybridized carbons (Fsp3) is 0. The van der Waals surface area contributed by atoms with E-state index in [0.717, 1.165) is 0 Å². The Kier molecular flexibility index (Phi) is 4.61. The van der Waals surface area contributed by atoms with E-state index in [0.29, 0.717) is 0 Å². The van der Waals surface area contributed by atoms with Crippen LogP contribution in [0.2, 0.25) is 0 Å². The number of carbonyl (C=O) groups is 1. The van der Waals surface area contributed by atoms with E-state index in [9.17, 15) is 4.79 Å². The van der Waals surface area contributed by atoms with Crippen LogP contribution in [0.5, 0.6) is 0 Å². The molecule has 6 nitrogen and oxygen atoms in total. The first-order valence-corrected chi connectivity index (χ1v) is 3.08. The molecule has 0 aliphatic heterocycles. The summed E-state index contributed by atoms with van der Waals surface area (Å²) in [4.78, 5) is 15.5. The van der Waals surface area contributed by atoms with Crippen molar-refractivity contribution >= 4 is 29.0 Å². The Hall–Kier alpha value is -0.805.